The molecule has 0 aromatic rings. The highest BCUT2D eigenvalue weighted by molar-refractivity contribution is 8.10. The molecule has 0 radical (unpaired) electrons. The van der Waals surface area contributed by atoms with Crippen LogP contribution in [-0.2, 0) is 33.3 Å². The van der Waals surface area contributed by atoms with Gasteiger partial charge in [0.15, 0.2) is 23.8 Å². The summed E-state index contributed by atoms with van der Waals surface area (Å²) in [5.41, 5.74) is -0.955. The Balaban J connectivity index is 5.58. The molecule has 0 fully saturated rings. The van der Waals surface area contributed by atoms with Crippen molar-refractivity contribution in [3.63, 3.8) is 0 Å². The summed E-state index contributed by atoms with van der Waals surface area (Å²) in [5.74, 6) is -0.876. The second-order valence-electron chi connectivity index (χ2n) is 5.31. The van der Waals surface area contributed by atoms with Crippen molar-refractivity contribution in [1.29, 1.82) is 0 Å². The molecule has 0 aliphatic carbocycles. The van der Waals surface area contributed by atoms with Gasteiger partial charge in [0.2, 0.25) is 0 Å². The summed E-state index contributed by atoms with van der Waals surface area (Å²) in [7, 11) is -11.5. The number of hydrogen-bond donors (Lipinski definition) is 0. The molecular formula is C12H27O7PS2. The second kappa shape index (κ2) is 7.75. The van der Waals surface area contributed by atoms with Crippen LogP contribution in [0.1, 0.15) is 41.5 Å². The molecule has 0 aromatic heterocycles. The van der Waals surface area contributed by atoms with E-state index in [0.717, 1.165) is 13.8 Å². The zero-order chi connectivity index (χ0) is 17.8. The van der Waals surface area contributed by atoms with Gasteiger partial charge in [-0.3, -0.25) is 4.57 Å². The van der Waals surface area contributed by atoms with Crippen molar-refractivity contribution in [1.82, 2.24) is 0 Å². The van der Waals surface area contributed by atoms with Crippen LogP contribution in [0.2, 0.25) is 0 Å². The van der Waals surface area contributed by atoms with Crippen LogP contribution >= 0.6 is 7.60 Å². The van der Waals surface area contributed by atoms with Gasteiger partial charge in [0.25, 0.3) is 0 Å². The van der Waals surface area contributed by atoms with Gasteiger partial charge in [0.05, 0.1) is 24.6 Å². The van der Waals surface area contributed by atoms with Crippen LogP contribution in [-0.4, -0.2) is 51.3 Å². The molecule has 134 valence electrons. The molecule has 10 heteroatoms. The molecule has 1 unspecified atom stereocenters. The van der Waals surface area contributed by atoms with E-state index in [1.807, 2.05) is 0 Å². The smallest absolute Gasteiger partial charge is 0.309 e. The largest absolute Gasteiger partial charge is 0.334 e. The van der Waals surface area contributed by atoms with E-state index in [0.29, 0.717) is 0 Å². The third-order valence-corrected chi connectivity index (χ3v) is 12.5. The van der Waals surface area contributed by atoms with E-state index in [1.54, 1.807) is 13.8 Å². The molecule has 0 rings (SSSR count). The summed E-state index contributed by atoms with van der Waals surface area (Å²) in [6.45, 7) is 8.59. The van der Waals surface area contributed by atoms with Crippen molar-refractivity contribution in [3.8, 4) is 0 Å². The van der Waals surface area contributed by atoms with Crippen LogP contribution in [0, 0.1) is 0 Å². The Kier molecular flexibility index (Phi) is 7.76. The Bertz CT molecular complexity index is 597. The van der Waals surface area contributed by atoms with Gasteiger partial charge in [-0.05, 0) is 27.7 Å². The van der Waals surface area contributed by atoms with Gasteiger partial charge in [-0.25, -0.2) is 16.8 Å². The van der Waals surface area contributed by atoms with Gasteiger partial charge >= 0.3 is 7.60 Å². The summed E-state index contributed by atoms with van der Waals surface area (Å²) in [4.78, 5) is 0. The maximum atomic E-state index is 12.6. The molecule has 0 saturated carbocycles. The fraction of sp³-hybridized carbons (Fsp3) is 1.00. The first-order valence-corrected chi connectivity index (χ1v) is 12.1. The number of hydrogen-bond acceptors (Lipinski definition) is 7. The molecule has 0 heterocycles. The van der Waals surface area contributed by atoms with Crippen molar-refractivity contribution in [2.75, 3.05) is 24.7 Å². The van der Waals surface area contributed by atoms with Crippen molar-refractivity contribution in [3.05, 3.63) is 0 Å². The first-order chi connectivity index (χ1) is 9.81. The molecule has 0 aromatic carbocycles. The normalized spacial score (nSPS) is 15.7. The minimum absolute atomic E-state index is 0.109. The lowest BCUT2D eigenvalue weighted by Crippen LogP contribution is -2.44. The maximum absolute atomic E-state index is 12.6. The van der Waals surface area contributed by atoms with Crippen LogP contribution < -0.4 is 0 Å². The molecular weight excluding hydrogens is 351 g/mol. The van der Waals surface area contributed by atoms with Gasteiger partial charge in [0, 0.05) is 5.75 Å². The first kappa shape index (κ1) is 22.1. The summed E-state index contributed by atoms with van der Waals surface area (Å²) in [6, 6.07) is 0. The molecule has 0 spiro atoms. The lowest BCUT2D eigenvalue weighted by molar-refractivity contribution is 0.214. The monoisotopic (exact) mass is 378 g/mol. The molecule has 0 aliphatic rings. The number of rotatable bonds is 10. The van der Waals surface area contributed by atoms with E-state index >= 15 is 0 Å². The topological polar surface area (TPSA) is 104 Å². The SMILES string of the molecule is CCOP(=O)(OCC)C(C)CS(=O)(=O)C(C)(C)S(=O)(=O)CC. The Labute approximate surface area is 134 Å². The molecule has 7 nitrogen and oxygen atoms in total. The second-order valence-corrected chi connectivity index (χ2v) is 13.5. The van der Waals surface area contributed by atoms with Gasteiger partial charge in [-0.1, -0.05) is 13.8 Å². The lowest BCUT2D eigenvalue weighted by Gasteiger charge is -2.28. The van der Waals surface area contributed by atoms with Crippen LogP contribution in [0.25, 0.3) is 0 Å². The Morgan fingerprint density at radius 2 is 1.36 bits per heavy atom. The predicted molar refractivity (Wildman–Crippen MR) is 87.6 cm³/mol. The zero-order valence-electron chi connectivity index (χ0n) is 14.0. The Hall–Kier alpha value is 0.0500. The Morgan fingerprint density at radius 1 is 0.955 bits per heavy atom. The fourth-order valence-corrected chi connectivity index (χ4v) is 8.26. The van der Waals surface area contributed by atoms with Crippen LogP contribution in [0.5, 0.6) is 0 Å². The first-order valence-electron chi connectivity index (χ1n) is 7.14. The van der Waals surface area contributed by atoms with E-state index in [-0.39, 0.29) is 19.0 Å². The molecule has 0 aliphatic heterocycles. The van der Waals surface area contributed by atoms with Crippen molar-refractivity contribution >= 4 is 27.3 Å². The van der Waals surface area contributed by atoms with Gasteiger partial charge < -0.3 is 9.05 Å². The quantitative estimate of drug-likeness (QED) is 0.537. The van der Waals surface area contributed by atoms with E-state index in [2.05, 4.69) is 0 Å². The van der Waals surface area contributed by atoms with Gasteiger partial charge in [-0.2, -0.15) is 0 Å². The molecule has 22 heavy (non-hydrogen) atoms. The highest BCUT2D eigenvalue weighted by Crippen LogP contribution is 2.53. The minimum atomic E-state index is -4.07. The van der Waals surface area contributed by atoms with Gasteiger partial charge in [-0.15, -0.1) is 0 Å². The average molecular weight is 378 g/mol. The van der Waals surface area contributed by atoms with E-state index in [9.17, 15) is 21.4 Å². The zero-order valence-corrected chi connectivity index (χ0v) is 16.6. The van der Waals surface area contributed by atoms with Crippen molar-refractivity contribution in [2.24, 2.45) is 0 Å². The highest BCUT2D eigenvalue weighted by atomic mass is 32.3. The van der Waals surface area contributed by atoms with Crippen molar-refractivity contribution < 1.29 is 30.4 Å². The van der Waals surface area contributed by atoms with Gasteiger partial charge in [0.1, 0.15) is 0 Å². The molecule has 0 bridgehead atoms. The summed E-state index contributed by atoms with van der Waals surface area (Å²) >= 11 is 0. The highest BCUT2D eigenvalue weighted by Gasteiger charge is 2.48. The summed E-state index contributed by atoms with van der Waals surface area (Å²) < 4.78 is 70.0. The van der Waals surface area contributed by atoms with E-state index in [4.69, 9.17) is 9.05 Å². The fourth-order valence-electron chi connectivity index (χ4n) is 1.80. The molecule has 0 saturated heterocycles. The average Bonchev–Trinajstić information content (AvgIpc) is 2.38. The van der Waals surface area contributed by atoms with E-state index < -0.39 is 42.8 Å². The van der Waals surface area contributed by atoms with Crippen LogP contribution in [0.15, 0.2) is 0 Å². The standard InChI is InChI=1S/C12H27O7PS2/c1-7-18-20(13,19-8-2)11(4)10-22(16,17)12(5,6)21(14,15)9-3/h11H,7-10H2,1-6H3. The molecule has 0 amide bonds. The lowest BCUT2D eigenvalue weighted by atomic mass is 10.5. The predicted octanol–water partition coefficient (Wildman–Crippen LogP) is 2.23. The number of sulfone groups is 2. The maximum Gasteiger partial charge on any atom is 0.334 e. The minimum Gasteiger partial charge on any atom is -0.309 e. The molecule has 0 N–H and O–H groups in total. The molecule has 1 atom stereocenters. The summed E-state index contributed by atoms with van der Waals surface area (Å²) in [6.07, 6.45) is 0. The summed E-state index contributed by atoms with van der Waals surface area (Å²) in [5, 5.41) is 0. The third-order valence-electron chi connectivity index (χ3n) is 3.50. The van der Waals surface area contributed by atoms with E-state index in [1.165, 1.54) is 13.8 Å². The van der Waals surface area contributed by atoms with Crippen LogP contribution in [0.3, 0.4) is 0 Å². The van der Waals surface area contributed by atoms with Crippen LogP contribution in [0.4, 0.5) is 0 Å². The van der Waals surface area contributed by atoms with Crippen molar-refractivity contribution in [2.45, 2.75) is 51.3 Å². The third kappa shape index (κ3) is 4.54. The Morgan fingerprint density at radius 3 is 1.68 bits per heavy atom.